The predicted octanol–water partition coefficient (Wildman–Crippen LogP) is 3.24. The normalized spacial score (nSPS) is 23.2. The van der Waals surface area contributed by atoms with Crippen molar-refractivity contribution in [3.8, 4) is 0 Å². The minimum atomic E-state index is 0. The van der Waals surface area contributed by atoms with Gasteiger partial charge in [-0.2, -0.15) is 0 Å². The second kappa shape index (κ2) is 9.97. The molecule has 1 aliphatic carbocycles. The number of hydrogen-bond donors (Lipinski definition) is 1. The van der Waals surface area contributed by atoms with Crippen molar-refractivity contribution in [3.63, 3.8) is 0 Å². The average Bonchev–Trinajstić information content (AvgIpc) is 2.91. The molecule has 1 saturated carbocycles. The molecule has 6 heteroatoms. The zero-order valence-corrected chi connectivity index (χ0v) is 18.1. The predicted molar refractivity (Wildman–Crippen MR) is 114 cm³/mol. The number of nitrogens with one attached hydrogen (secondary N) is 1. The van der Waals surface area contributed by atoms with Gasteiger partial charge in [0.05, 0.1) is 0 Å². The van der Waals surface area contributed by atoms with Gasteiger partial charge in [-0.05, 0) is 50.9 Å². The van der Waals surface area contributed by atoms with Crippen LogP contribution in [0.3, 0.4) is 0 Å². The largest absolute Gasteiger partial charge is 0.357 e. The third kappa shape index (κ3) is 5.47. The number of carbonyl (C=O) groups is 1. The van der Waals surface area contributed by atoms with E-state index >= 15 is 0 Å². The molecule has 3 fully saturated rings. The van der Waals surface area contributed by atoms with Gasteiger partial charge in [-0.25, -0.2) is 0 Å². The fraction of sp³-hybridized carbons (Fsp3) is 0.895. The zero-order chi connectivity index (χ0) is 16.8. The third-order valence-electron chi connectivity index (χ3n) is 6.01. The van der Waals surface area contributed by atoms with Crippen molar-refractivity contribution in [2.75, 3.05) is 39.3 Å². The lowest BCUT2D eigenvalue weighted by Crippen LogP contribution is -2.42. The SMILES string of the molecule is CCNC(=NCCCN1CCCCCC1=O)N1CCC2(CCC2)C1.I. The molecular formula is C19H35IN4O. The Morgan fingerprint density at radius 1 is 1.16 bits per heavy atom. The van der Waals surface area contributed by atoms with Crippen LogP contribution in [0.4, 0.5) is 0 Å². The van der Waals surface area contributed by atoms with Crippen LogP contribution in [0.1, 0.15) is 64.7 Å². The van der Waals surface area contributed by atoms with E-state index < -0.39 is 0 Å². The molecule has 25 heavy (non-hydrogen) atoms. The van der Waals surface area contributed by atoms with Gasteiger partial charge in [-0.1, -0.05) is 12.8 Å². The molecule has 2 saturated heterocycles. The molecule has 0 aromatic carbocycles. The van der Waals surface area contributed by atoms with Crippen molar-refractivity contribution in [2.24, 2.45) is 10.4 Å². The van der Waals surface area contributed by atoms with E-state index in [-0.39, 0.29) is 24.0 Å². The number of nitrogens with zero attached hydrogens (tertiary/aromatic N) is 3. The Labute approximate surface area is 170 Å². The maximum Gasteiger partial charge on any atom is 0.222 e. The molecule has 2 aliphatic heterocycles. The molecule has 2 heterocycles. The van der Waals surface area contributed by atoms with Crippen LogP contribution in [-0.2, 0) is 4.79 Å². The molecule has 0 aromatic heterocycles. The zero-order valence-electron chi connectivity index (χ0n) is 15.8. The average molecular weight is 462 g/mol. The highest BCUT2D eigenvalue weighted by molar-refractivity contribution is 14.0. The number of amides is 1. The summed E-state index contributed by atoms with van der Waals surface area (Å²) < 4.78 is 0. The first-order valence-corrected chi connectivity index (χ1v) is 10.0. The second-order valence-electron chi connectivity index (χ2n) is 7.81. The van der Waals surface area contributed by atoms with E-state index in [0.717, 1.165) is 64.4 Å². The molecule has 5 nitrogen and oxygen atoms in total. The standard InChI is InChI=1S/C19H34N4O.HI/c1-2-20-18(23-15-11-19(16-23)9-6-10-19)21-12-7-14-22-13-5-3-4-8-17(22)24;/h2-16H2,1H3,(H,20,21);1H. The summed E-state index contributed by atoms with van der Waals surface area (Å²) in [4.78, 5) is 21.4. The Bertz CT molecular complexity index is 464. The van der Waals surface area contributed by atoms with Gasteiger partial charge in [0.25, 0.3) is 0 Å². The molecule has 0 bridgehead atoms. The van der Waals surface area contributed by atoms with Gasteiger partial charge < -0.3 is 15.1 Å². The van der Waals surface area contributed by atoms with Crippen molar-refractivity contribution in [1.29, 1.82) is 0 Å². The first-order valence-electron chi connectivity index (χ1n) is 10.0. The van der Waals surface area contributed by atoms with Gasteiger partial charge in [-0.3, -0.25) is 9.79 Å². The molecule has 3 aliphatic rings. The van der Waals surface area contributed by atoms with Crippen molar-refractivity contribution >= 4 is 35.8 Å². The van der Waals surface area contributed by atoms with Crippen molar-refractivity contribution < 1.29 is 4.79 Å². The van der Waals surface area contributed by atoms with Gasteiger partial charge in [-0.15, -0.1) is 24.0 Å². The molecule has 1 amide bonds. The number of guanidine groups is 1. The molecule has 3 rings (SSSR count). The van der Waals surface area contributed by atoms with Gasteiger partial charge in [0, 0.05) is 45.7 Å². The molecule has 144 valence electrons. The maximum absolute atomic E-state index is 12.0. The summed E-state index contributed by atoms with van der Waals surface area (Å²) in [5.41, 5.74) is 0.606. The van der Waals surface area contributed by atoms with Crippen LogP contribution in [0.25, 0.3) is 0 Å². The highest BCUT2D eigenvalue weighted by Gasteiger charge is 2.43. The highest BCUT2D eigenvalue weighted by Crippen LogP contribution is 2.47. The Hall–Kier alpha value is -0.530. The van der Waals surface area contributed by atoms with Crippen LogP contribution >= 0.6 is 24.0 Å². The molecule has 1 N–H and O–H groups in total. The minimum Gasteiger partial charge on any atom is -0.357 e. The van der Waals surface area contributed by atoms with E-state index in [1.165, 1.54) is 38.6 Å². The summed E-state index contributed by atoms with van der Waals surface area (Å²) in [6, 6.07) is 0. The molecule has 0 atom stereocenters. The molecule has 0 unspecified atom stereocenters. The molecule has 0 radical (unpaired) electrons. The van der Waals surface area contributed by atoms with E-state index in [1.54, 1.807) is 0 Å². The molecule has 0 aromatic rings. The third-order valence-corrected chi connectivity index (χ3v) is 6.01. The number of rotatable bonds is 5. The summed E-state index contributed by atoms with van der Waals surface area (Å²) >= 11 is 0. The van der Waals surface area contributed by atoms with Crippen LogP contribution in [0, 0.1) is 5.41 Å². The smallest absolute Gasteiger partial charge is 0.222 e. The fourth-order valence-electron chi connectivity index (χ4n) is 4.35. The van der Waals surface area contributed by atoms with Gasteiger partial charge in [0.2, 0.25) is 5.91 Å². The topological polar surface area (TPSA) is 47.9 Å². The van der Waals surface area contributed by atoms with E-state index in [0.29, 0.717) is 11.3 Å². The number of hydrogen-bond acceptors (Lipinski definition) is 2. The van der Waals surface area contributed by atoms with Crippen LogP contribution in [0.15, 0.2) is 4.99 Å². The van der Waals surface area contributed by atoms with E-state index in [2.05, 4.69) is 22.0 Å². The maximum atomic E-state index is 12.0. The van der Waals surface area contributed by atoms with E-state index in [1.807, 2.05) is 0 Å². The summed E-state index contributed by atoms with van der Waals surface area (Å²) in [5, 5.41) is 3.46. The number of carbonyl (C=O) groups excluding carboxylic acids is 1. The van der Waals surface area contributed by atoms with Crippen molar-refractivity contribution in [3.05, 3.63) is 0 Å². The number of likely N-dealkylation sites (tertiary alicyclic amines) is 2. The number of halogens is 1. The summed E-state index contributed by atoms with van der Waals surface area (Å²) in [5.74, 6) is 1.43. The Balaban J connectivity index is 0.00000225. The second-order valence-corrected chi connectivity index (χ2v) is 7.81. The van der Waals surface area contributed by atoms with Crippen LogP contribution in [0.2, 0.25) is 0 Å². The van der Waals surface area contributed by atoms with Gasteiger partial charge in [0.1, 0.15) is 0 Å². The van der Waals surface area contributed by atoms with E-state index in [4.69, 9.17) is 4.99 Å². The minimum absolute atomic E-state index is 0. The monoisotopic (exact) mass is 462 g/mol. The summed E-state index contributed by atoms with van der Waals surface area (Å²) in [6.45, 7) is 8.02. The lowest BCUT2D eigenvalue weighted by Gasteiger charge is -2.38. The van der Waals surface area contributed by atoms with Gasteiger partial charge in [0.15, 0.2) is 5.96 Å². The lowest BCUT2D eigenvalue weighted by molar-refractivity contribution is -0.130. The Kier molecular flexibility index (Phi) is 8.29. The van der Waals surface area contributed by atoms with Crippen molar-refractivity contribution in [1.82, 2.24) is 15.1 Å². The van der Waals surface area contributed by atoms with Crippen molar-refractivity contribution in [2.45, 2.75) is 64.7 Å². The molecular weight excluding hydrogens is 427 g/mol. The van der Waals surface area contributed by atoms with Crippen LogP contribution in [-0.4, -0.2) is 60.9 Å². The summed E-state index contributed by atoms with van der Waals surface area (Å²) in [6.07, 6.45) is 10.7. The highest BCUT2D eigenvalue weighted by atomic mass is 127. The number of aliphatic imine (C=N–C) groups is 1. The van der Waals surface area contributed by atoms with E-state index in [9.17, 15) is 4.79 Å². The first-order chi connectivity index (χ1) is 11.7. The van der Waals surface area contributed by atoms with Crippen LogP contribution in [0.5, 0.6) is 0 Å². The Morgan fingerprint density at radius 2 is 2.00 bits per heavy atom. The fourth-order valence-corrected chi connectivity index (χ4v) is 4.35. The van der Waals surface area contributed by atoms with Crippen LogP contribution < -0.4 is 5.32 Å². The molecule has 1 spiro atoms. The first kappa shape index (κ1) is 20.8. The van der Waals surface area contributed by atoms with Gasteiger partial charge >= 0.3 is 0 Å². The lowest BCUT2D eigenvalue weighted by atomic mass is 9.68. The quantitative estimate of drug-likeness (QED) is 0.296. The summed E-state index contributed by atoms with van der Waals surface area (Å²) in [7, 11) is 0. The Morgan fingerprint density at radius 3 is 2.68 bits per heavy atom.